The van der Waals surface area contributed by atoms with Gasteiger partial charge < -0.3 is 19.5 Å². The first-order valence-corrected chi connectivity index (χ1v) is 10.1. The zero-order valence-electron chi connectivity index (χ0n) is 17.2. The van der Waals surface area contributed by atoms with Crippen molar-refractivity contribution in [1.29, 1.82) is 0 Å². The summed E-state index contributed by atoms with van der Waals surface area (Å²) in [5, 5.41) is 3.26. The van der Waals surface area contributed by atoms with Crippen LogP contribution < -0.4 is 14.8 Å². The lowest BCUT2D eigenvalue weighted by Crippen LogP contribution is -2.43. The number of benzene rings is 1. The molecule has 0 bridgehead atoms. The maximum Gasteiger partial charge on any atom is 0.315 e. The molecule has 29 heavy (non-hydrogen) atoms. The highest BCUT2D eigenvalue weighted by Gasteiger charge is 2.46. The minimum absolute atomic E-state index is 0.0606. The second-order valence-electron chi connectivity index (χ2n) is 8.59. The number of allylic oxidation sites excluding steroid dienone is 2. The lowest BCUT2D eigenvalue weighted by atomic mass is 9.66. The Bertz CT molecular complexity index is 914. The molecule has 1 aliphatic carbocycles. The predicted molar refractivity (Wildman–Crippen MR) is 108 cm³/mol. The highest BCUT2D eigenvalue weighted by Crippen LogP contribution is 2.49. The summed E-state index contributed by atoms with van der Waals surface area (Å²) in [5.74, 6) is -0.157. The van der Waals surface area contributed by atoms with Crippen LogP contribution in [0.15, 0.2) is 41.7 Å². The number of rotatable bonds is 3. The molecule has 1 aromatic rings. The molecule has 0 amide bonds. The lowest BCUT2D eigenvalue weighted by Gasteiger charge is -2.42. The van der Waals surface area contributed by atoms with E-state index in [0.717, 1.165) is 17.7 Å². The molecule has 0 saturated carbocycles. The average molecular weight is 397 g/mol. The molecule has 2 aliphatic heterocycles. The Hall–Kier alpha value is -2.76. The Morgan fingerprint density at radius 1 is 1.24 bits per heavy atom. The fourth-order valence-electron chi connectivity index (χ4n) is 4.57. The number of hydrogen-bond donors (Lipinski definition) is 1. The number of ketones is 1. The Morgan fingerprint density at radius 3 is 2.69 bits per heavy atom. The first-order valence-electron chi connectivity index (χ1n) is 10.1. The Morgan fingerprint density at radius 2 is 1.97 bits per heavy atom. The Kier molecular flexibility index (Phi) is 4.89. The maximum absolute atomic E-state index is 13.2. The molecule has 0 aromatic heterocycles. The van der Waals surface area contributed by atoms with E-state index in [0.29, 0.717) is 42.4 Å². The van der Waals surface area contributed by atoms with E-state index < -0.39 is 11.8 Å². The summed E-state index contributed by atoms with van der Waals surface area (Å²) in [4.78, 5) is 26.1. The summed E-state index contributed by atoms with van der Waals surface area (Å²) in [6, 6.07) is 5.62. The van der Waals surface area contributed by atoms with Gasteiger partial charge in [-0.3, -0.25) is 9.59 Å². The first-order chi connectivity index (χ1) is 13.8. The van der Waals surface area contributed by atoms with E-state index in [1.54, 1.807) is 6.92 Å². The topological polar surface area (TPSA) is 73.9 Å². The van der Waals surface area contributed by atoms with Gasteiger partial charge in [-0.15, -0.1) is 0 Å². The number of nitrogens with one attached hydrogen (secondary N) is 1. The fourth-order valence-corrected chi connectivity index (χ4v) is 4.57. The van der Waals surface area contributed by atoms with Crippen molar-refractivity contribution in [2.24, 2.45) is 11.3 Å². The van der Waals surface area contributed by atoms with Gasteiger partial charge in [0.05, 0.1) is 6.61 Å². The summed E-state index contributed by atoms with van der Waals surface area (Å²) >= 11 is 0. The van der Waals surface area contributed by atoms with Crippen LogP contribution in [0.2, 0.25) is 0 Å². The molecular formula is C23H27NO5. The number of ether oxygens (including phenoxy) is 3. The van der Waals surface area contributed by atoms with E-state index in [9.17, 15) is 9.59 Å². The Labute approximate surface area is 170 Å². The van der Waals surface area contributed by atoms with E-state index in [4.69, 9.17) is 14.2 Å². The zero-order valence-corrected chi connectivity index (χ0v) is 17.2. The monoisotopic (exact) mass is 397 g/mol. The molecule has 2 atom stereocenters. The van der Waals surface area contributed by atoms with Gasteiger partial charge in [-0.25, -0.2) is 0 Å². The van der Waals surface area contributed by atoms with Crippen LogP contribution in [-0.4, -0.2) is 31.6 Å². The number of Topliss-reactive ketones (excluding diaryl/α,β-unsaturated/α-hetero) is 1. The predicted octanol–water partition coefficient (Wildman–Crippen LogP) is 3.48. The molecule has 6 heteroatoms. The molecule has 3 aliphatic rings. The molecule has 0 radical (unpaired) electrons. The average Bonchev–Trinajstić information content (AvgIpc) is 2.65. The van der Waals surface area contributed by atoms with Gasteiger partial charge in [0.25, 0.3) is 0 Å². The molecule has 2 heterocycles. The number of hydrogen-bond acceptors (Lipinski definition) is 6. The highest BCUT2D eigenvalue weighted by molar-refractivity contribution is 6.00. The van der Waals surface area contributed by atoms with Crippen LogP contribution in [-0.2, 0) is 14.3 Å². The van der Waals surface area contributed by atoms with Crippen molar-refractivity contribution >= 4 is 11.8 Å². The van der Waals surface area contributed by atoms with Gasteiger partial charge in [0.2, 0.25) is 0 Å². The molecule has 6 nitrogen and oxygen atoms in total. The molecule has 0 spiro atoms. The van der Waals surface area contributed by atoms with Gasteiger partial charge in [0, 0.05) is 29.3 Å². The molecule has 4 rings (SSSR count). The van der Waals surface area contributed by atoms with Crippen LogP contribution >= 0.6 is 0 Å². The third kappa shape index (κ3) is 3.52. The maximum atomic E-state index is 13.2. The minimum Gasteiger partial charge on any atom is -0.486 e. The summed E-state index contributed by atoms with van der Waals surface area (Å²) < 4.78 is 16.7. The number of fused-ring (bicyclic) bond motifs is 1. The quantitative estimate of drug-likeness (QED) is 0.787. The third-order valence-electron chi connectivity index (χ3n) is 5.72. The van der Waals surface area contributed by atoms with Crippen LogP contribution in [0.5, 0.6) is 11.5 Å². The van der Waals surface area contributed by atoms with E-state index in [-0.39, 0.29) is 23.8 Å². The molecule has 0 saturated heterocycles. The molecule has 0 fully saturated rings. The van der Waals surface area contributed by atoms with Crippen molar-refractivity contribution in [3.63, 3.8) is 0 Å². The summed E-state index contributed by atoms with van der Waals surface area (Å²) in [7, 11) is 0. The van der Waals surface area contributed by atoms with Gasteiger partial charge in [-0.05, 0) is 36.5 Å². The van der Waals surface area contributed by atoms with Crippen LogP contribution in [0.4, 0.5) is 0 Å². The van der Waals surface area contributed by atoms with Crippen molar-refractivity contribution < 1.29 is 23.8 Å². The van der Waals surface area contributed by atoms with E-state index in [1.807, 2.05) is 18.2 Å². The van der Waals surface area contributed by atoms with Crippen molar-refractivity contribution in [2.45, 2.75) is 39.5 Å². The second kappa shape index (κ2) is 7.25. The van der Waals surface area contributed by atoms with E-state index in [2.05, 4.69) is 25.7 Å². The van der Waals surface area contributed by atoms with Gasteiger partial charge in [0.15, 0.2) is 17.3 Å². The molecule has 1 aromatic carbocycles. The van der Waals surface area contributed by atoms with Gasteiger partial charge in [-0.1, -0.05) is 26.5 Å². The molecule has 2 unspecified atom stereocenters. The van der Waals surface area contributed by atoms with Gasteiger partial charge >= 0.3 is 5.97 Å². The van der Waals surface area contributed by atoms with Crippen molar-refractivity contribution in [2.75, 3.05) is 19.8 Å². The smallest absolute Gasteiger partial charge is 0.315 e. The number of carbonyl (C=O) groups is 2. The fraction of sp³-hybridized carbons (Fsp3) is 0.478. The van der Waals surface area contributed by atoms with Crippen molar-refractivity contribution in [3.05, 3.63) is 47.3 Å². The highest BCUT2D eigenvalue weighted by atomic mass is 16.6. The van der Waals surface area contributed by atoms with Crippen LogP contribution in [0.25, 0.3) is 0 Å². The normalized spacial score (nSPS) is 25.2. The number of esters is 1. The van der Waals surface area contributed by atoms with Crippen molar-refractivity contribution in [1.82, 2.24) is 5.32 Å². The molecule has 154 valence electrons. The second-order valence-corrected chi connectivity index (χ2v) is 8.59. The standard InChI is InChI=1S/C23H27NO5/c1-5-27-22(26)19-13(2)24-15-11-23(3,4)12-16(25)21(15)20(19)14-6-7-17-18(10-14)29-9-8-28-17/h6-7,10,19-20,24H,2,5,8-9,11-12H2,1,3-4H3. The molecule has 1 N–H and O–H groups in total. The van der Waals surface area contributed by atoms with Gasteiger partial charge in [0.1, 0.15) is 19.1 Å². The van der Waals surface area contributed by atoms with Crippen LogP contribution in [0, 0.1) is 11.3 Å². The summed E-state index contributed by atoms with van der Waals surface area (Å²) in [5.41, 5.74) is 2.77. The van der Waals surface area contributed by atoms with Gasteiger partial charge in [-0.2, -0.15) is 0 Å². The first kappa shape index (κ1) is 19.6. The van der Waals surface area contributed by atoms with E-state index >= 15 is 0 Å². The van der Waals surface area contributed by atoms with Crippen molar-refractivity contribution in [3.8, 4) is 11.5 Å². The van der Waals surface area contributed by atoms with Crippen LogP contribution in [0.1, 0.15) is 45.1 Å². The largest absolute Gasteiger partial charge is 0.486 e. The lowest BCUT2D eigenvalue weighted by molar-refractivity contribution is -0.147. The minimum atomic E-state index is -0.679. The SMILES string of the molecule is C=C1NC2=C(C(=O)CC(C)(C)C2)C(c2ccc3c(c2)OCCO3)C1C(=O)OCC. The zero-order chi connectivity index (χ0) is 20.8. The summed E-state index contributed by atoms with van der Waals surface area (Å²) in [6.45, 7) is 11.3. The third-order valence-corrected chi connectivity index (χ3v) is 5.72. The Balaban J connectivity index is 1.85. The van der Waals surface area contributed by atoms with Crippen LogP contribution in [0.3, 0.4) is 0 Å². The van der Waals surface area contributed by atoms with E-state index in [1.165, 1.54) is 0 Å². The molecular weight excluding hydrogens is 370 g/mol. The summed E-state index contributed by atoms with van der Waals surface area (Å²) in [6.07, 6.45) is 1.17. The number of carbonyl (C=O) groups excluding carboxylic acids is 2.